The molecule has 0 radical (unpaired) electrons. The summed E-state index contributed by atoms with van der Waals surface area (Å²) in [6.07, 6.45) is 6.63. The van der Waals surface area contributed by atoms with E-state index in [9.17, 15) is 14.6 Å². The number of hydrogen-bond acceptors (Lipinski definition) is 5. The third-order valence-corrected chi connectivity index (χ3v) is 1.84. The molecule has 0 rings (SSSR count). The lowest BCUT2D eigenvalue weighted by Gasteiger charge is -2.03. The van der Waals surface area contributed by atoms with E-state index in [0.717, 1.165) is 5.57 Å². The Morgan fingerprint density at radius 2 is 1.94 bits per heavy atom. The molecule has 0 bridgehead atoms. The quantitative estimate of drug-likeness (QED) is 0.376. The van der Waals surface area contributed by atoms with Crippen molar-refractivity contribution < 1.29 is 4.79 Å². The number of rotatable bonds is 9. The standard InChI is InChI=1S/C11H15N3O3/c1-2-11(15)12-8-5-10(6-9-14-17)4-3-7-13-16/h2-4,6H,1,5,7-9H2,(H,12,15)/b4-3-,10-6+. The molecule has 0 aromatic rings. The molecule has 1 amide bonds. The first-order valence-electron chi connectivity index (χ1n) is 5.08. The van der Waals surface area contributed by atoms with Crippen molar-refractivity contribution in [1.82, 2.24) is 5.32 Å². The highest BCUT2D eigenvalue weighted by atomic mass is 16.3. The average molecular weight is 237 g/mol. The van der Waals surface area contributed by atoms with Crippen LogP contribution in [0.5, 0.6) is 0 Å². The van der Waals surface area contributed by atoms with Gasteiger partial charge < -0.3 is 5.32 Å². The van der Waals surface area contributed by atoms with E-state index >= 15 is 0 Å². The second-order valence-electron chi connectivity index (χ2n) is 3.05. The largest absolute Gasteiger partial charge is 0.352 e. The van der Waals surface area contributed by atoms with Gasteiger partial charge in [-0.05, 0) is 18.1 Å². The van der Waals surface area contributed by atoms with Gasteiger partial charge in [-0.1, -0.05) is 35.2 Å². The summed E-state index contributed by atoms with van der Waals surface area (Å²) < 4.78 is 0. The number of nitrogens with zero attached hydrogens (tertiary/aromatic N) is 2. The number of nitroso groups, excluding NO2 is 2. The Morgan fingerprint density at radius 3 is 2.53 bits per heavy atom. The maximum Gasteiger partial charge on any atom is 0.243 e. The Kier molecular flexibility index (Phi) is 9.12. The van der Waals surface area contributed by atoms with Crippen LogP contribution in [0.4, 0.5) is 0 Å². The predicted molar refractivity (Wildman–Crippen MR) is 66.4 cm³/mol. The van der Waals surface area contributed by atoms with Gasteiger partial charge in [0.1, 0.15) is 0 Å². The Balaban J connectivity index is 4.18. The van der Waals surface area contributed by atoms with E-state index < -0.39 is 0 Å². The van der Waals surface area contributed by atoms with Gasteiger partial charge in [0, 0.05) is 6.54 Å². The van der Waals surface area contributed by atoms with Gasteiger partial charge in [-0.25, -0.2) is 0 Å². The van der Waals surface area contributed by atoms with Crippen molar-refractivity contribution in [3.05, 3.63) is 46.3 Å². The smallest absolute Gasteiger partial charge is 0.243 e. The molecule has 92 valence electrons. The molecule has 0 aliphatic heterocycles. The van der Waals surface area contributed by atoms with Crippen molar-refractivity contribution in [2.45, 2.75) is 6.42 Å². The van der Waals surface area contributed by atoms with Crippen LogP contribution in [0.3, 0.4) is 0 Å². The second-order valence-corrected chi connectivity index (χ2v) is 3.05. The maximum absolute atomic E-state index is 10.9. The van der Waals surface area contributed by atoms with E-state index in [1.54, 1.807) is 18.2 Å². The van der Waals surface area contributed by atoms with Crippen LogP contribution in [-0.2, 0) is 4.79 Å². The van der Waals surface area contributed by atoms with Crippen LogP contribution in [0.25, 0.3) is 0 Å². The number of amides is 1. The van der Waals surface area contributed by atoms with E-state index in [-0.39, 0.29) is 19.0 Å². The number of hydrogen-bond donors (Lipinski definition) is 1. The maximum atomic E-state index is 10.9. The summed E-state index contributed by atoms with van der Waals surface area (Å²) in [5.41, 5.74) is 0.817. The topological polar surface area (TPSA) is 88.0 Å². The fourth-order valence-corrected chi connectivity index (χ4v) is 1.06. The number of allylic oxidation sites excluding steroid dienone is 1. The molecule has 1 N–H and O–H groups in total. The molecule has 0 aliphatic carbocycles. The van der Waals surface area contributed by atoms with Crippen LogP contribution in [0, 0.1) is 9.81 Å². The Bertz CT molecular complexity index is 335. The second kappa shape index (κ2) is 10.4. The molecule has 0 unspecified atom stereocenters. The number of carbonyl (C=O) groups excluding carboxylic acids is 1. The SMILES string of the molecule is C=CC(=O)NCCC(/C=C\CN=O)=C/CN=O. The Labute approximate surface area is 99.4 Å². The Morgan fingerprint density at radius 1 is 1.24 bits per heavy atom. The highest BCUT2D eigenvalue weighted by Crippen LogP contribution is 2.02. The van der Waals surface area contributed by atoms with E-state index in [1.165, 1.54) is 6.08 Å². The lowest BCUT2D eigenvalue weighted by Crippen LogP contribution is -2.22. The van der Waals surface area contributed by atoms with Gasteiger partial charge in [0.05, 0.1) is 13.1 Å². The molecule has 0 fully saturated rings. The molecule has 0 aromatic heterocycles. The summed E-state index contributed by atoms with van der Waals surface area (Å²) in [5, 5.41) is 8.00. The van der Waals surface area contributed by atoms with Crippen molar-refractivity contribution in [3.63, 3.8) is 0 Å². The molecule has 0 aromatic carbocycles. The summed E-state index contributed by atoms with van der Waals surface area (Å²) in [7, 11) is 0. The molecule has 0 spiro atoms. The van der Waals surface area contributed by atoms with Crippen LogP contribution in [-0.4, -0.2) is 25.5 Å². The van der Waals surface area contributed by atoms with Crippen molar-refractivity contribution in [2.75, 3.05) is 19.6 Å². The summed E-state index contributed by atoms with van der Waals surface area (Å²) >= 11 is 0. The average Bonchev–Trinajstić information content (AvgIpc) is 2.35. The van der Waals surface area contributed by atoms with Crippen LogP contribution in [0.15, 0.2) is 46.8 Å². The lowest BCUT2D eigenvalue weighted by molar-refractivity contribution is -0.116. The fraction of sp³-hybridized carbons (Fsp3) is 0.364. The van der Waals surface area contributed by atoms with Gasteiger partial charge >= 0.3 is 0 Å². The monoisotopic (exact) mass is 237 g/mol. The number of carbonyl (C=O) groups is 1. The molecule has 0 aliphatic rings. The van der Waals surface area contributed by atoms with Crippen LogP contribution in [0.1, 0.15) is 6.42 Å². The minimum Gasteiger partial charge on any atom is -0.352 e. The molecule has 0 atom stereocenters. The normalized spacial score (nSPS) is 11.2. The molecule has 17 heavy (non-hydrogen) atoms. The van der Waals surface area contributed by atoms with Gasteiger partial charge in [-0.3, -0.25) is 4.79 Å². The van der Waals surface area contributed by atoms with E-state index in [0.29, 0.717) is 13.0 Å². The molecule has 0 heterocycles. The van der Waals surface area contributed by atoms with Gasteiger partial charge in [-0.15, -0.1) is 0 Å². The summed E-state index contributed by atoms with van der Waals surface area (Å²) in [6, 6.07) is 0. The molecule has 0 saturated carbocycles. The minimum atomic E-state index is -0.253. The highest BCUT2D eigenvalue weighted by molar-refractivity contribution is 5.86. The molecule has 6 nitrogen and oxygen atoms in total. The zero-order valence-corrected chi connectivity index (χ0v) is 9.46. The van der Waals surface area contributed by atoms with E-state index in [2.05, 4.69) is 22.2 Å². The van der Waals surface area contributed by atoms with Crippen molar-refractivity contribution in [1.29, 1.82) is 0 Å². The van der Waals surface area contributed by atoms with Crippen LogP contribution >= 0.6 is 0 Å². The highest BCUT2D eigenvalue weighted by Gasteiger charge is 1.96. The van der Waals surface area contributed by atoms with Gasteiger partial charge in [-0.2, -0.15) is 9.81 Å². The first-order valence-corrected chi connectivity index (χ1v) is 5.08. The van der Waals surface area contributed by atoms with E-state index in [1.807, 2.05) is 0 Å². The summed E-state index contributed by atoms with van der Waals surface area (Å²) in [6.45, 7) is 3.88. The summed E-state index contributed by atoms with van der Waals surface area (Å²) in [4.78, 5) is 30.8. The molecule has 6 heteroatoms. The predicted octanol–water partition coefficient (Wildman–Crippen LogP) is 1.69. The fourth-order valence-electron chi connectivity index (χ4n) is 1.06. The van der Waals surface area contributed by atoms with Crippen molar-refractivity contribution in [3.8, 4) is 0 Å². The third-order valence-electron chi connectivity index (χ3n) is 1.84. The van der Waals surface area contributed by atoms with Crippen molar-refractivity contribution in [2.24, 2.45) is 10.4 Å². The summed E-state index contributed by atoms with van der Waals surface area (Å²) in [5.74, 6) is -0.253. The van der Waals surface area contributed by atoms with Crippen molar-refractivity contribution >= 4 is 5.91 Å². The zero-order chi connectivity index (χ0) is 12.9. The van der Waals surface area contributed by atoms with Crippen LogP contribution in [0.2, 0.25) is 0 Å². The van der Waals surface area contributed by atoms with E-state index in [4.69, 9.17) is 0 Å². The zero-order valence-electron chi connectivity index (χ0n) is 9.46. The molecule has 0 saturated heterocycles. The third kappa shape index (κ3) is 8.86. The van der Waals surface area contributed by atoms with Crippen LogP contribution < -0.4 is 5.32 Å². The Hall–Kier alpha value is -2.11. The first kappa shape index (κ1) is 14.9. The number of nitrogens with one attached hydrogen (secondary N) is 1. The molecular formula is C11H15N3O3. The lowest BCUT2D eigenvalue weighted by atomic mass is 10.1. The van der Waals surface area contributed by atoms with Gasteiger partial charge in [0.15, 0.2) is 0 Å². The minimum absolute atomic E-state index is 0.0591. The first-order chi connectivity index (χ1) is 8.24. The molecular weight excluding hydrogens is 222 g/mol. The van der Waals surface area contributed by atoms with Gasteiger partial charge in [0.25, 0.3) is 0 Å². The van der Waals surface area contributed by atoms with Gasteiger partial charge in [0.2, 0.25) is 5.91 Å².